The first-order valence-electron chi connectivity index (χ1n) is 11.6. The van der Waals surface area contributed by atoms with Crippen LogP contribution in [0, 0.1) is 0 Å². The lowest BCUT2D eigenvalue weighted by Gasteiger charge is -2.18. The van der Waals surface area contributed by atoms with Gasteiger partial charge >= 0.3 is 5.97 Å². The number of amides is 1. The third-order valence-corrected chi connectivity index (χ3v) is 6.04. The summed E-state index contributed by atoms with van der Waals surface area (Å²) in [5.74, 6) is -1.15. The maximum atomic E-state index is 13.3. The van der Waals surface area contributed by atoms with Gasteiger partial charge in [-0.05, 0) is 64.1 Å². The molecule has 1 aromatic carbocycles. The SMILES string of the molecule is CCOC(=O)c1cc2c(=O)n3ccccc3nc2n(C(C)C)c1=NC(=O)C(C)Oc1ccc(Cl)cc1Cl. The van der Waals surface area contributed by atoms with Gasteiger partial charge in [0.15, 0.2) is 11.6 Å². The molecule has 37 heavy (non-hydrogen) atoms. The van der Waals surface area contributed by atoms with E-state index in [0.717, 1.165) is 0 Å². The van der Waals surface area contributed by atoms with Crippen molar-refractivity contribution in [1.82, 2.24) is 14.0 Å². The van der Waals surface area contributed by atoms with Crippen molar-refractivity contribution >= 4 is 51.8 Å². The summed E-state index contributed by atoms with van der Waals surface area (Å²) in [4.78, 5) is 48.4. The molecule has 11 heteroatoms. The molecular formula is C26H24Cl2N4O5. The zero-order valence-electron chi connectivity index (χ0n) is 20.6. The van der Waals surface area contributed by atoms with Gasteiger partial charge in [0.25, 0.3) is 11.5 Å². The number of nitrogens with zero attached hydrogens (tertiary/aromatic N) is 4. The Morgan fingerprint density at radius 3 is 2.54 bits per heavy atom. The number of halogens is 2. The fraction of sp³-hybridized carbons (Fsp3) is 0.269. The van der Waals surface area contributed by atoms with Crippen molar-refractivity contribution in [2.24, 2.45) is 4.99 Å². The number of ether oxygens (including phenoxy) is 2. The Morgan fingerprint density at radius 1 is 1.11 bits per heavy atom. The summed E-state index contributed by atoms with van der Waals surface area (Å²) in [6.45, 7) is 6.93. The second-order valence-corrected chi connectivity index (χ2v) is 9.28. The largest absolute Gasteiger partial charge is 0.479 e. The van der Waals surface area contributed by atoms with Crippen LogP contribution < -0.4 is 15.8 Å². The third-order valence-electron chi connectivity index (χ3n) is 5.51. The lowest BCUT2D eigenvalue weighted by atomic mass is 10.2. The van der Waals surface area contributed by atoms with Gasteiger partial charge in [0.2, 0.25) is 0 Å². The van der Waals surface area contributed by atoms with Crippen LogP contribution in [0.15, 0.2) is 58.4 Å². The lowest BCUT2D eigenvalue weighted by Crippen LogP contribution is -2.35. The van der Waals surface area contributed by atoms with Gasteiger partial charge in [0.1, 0.15) is 22.6 Å². The van der Waals surface area contributed by atoms with Gasteiger partial charge in [-0.3, -0.25) is 14.0 Å². The smallest absolute Gasteiger partial charge is 0.341 e. The van der Waals surface area contributed by atoms with Crippen molar-refractivity contribution in [3.63, 3.8) is 0 Å². The first kappa shape index (κ1) is 26.4. The third kappa shape index (κ3) is 5.23. The van der Waals surface area contributed by atoms with Crippen molar-refractivity contribution < 1.29 is 19.1 Å². The topological polar surface area (TPSA) is 104 Å². The van der Waals surface area contributed by atoms with Crippen LogP contribution in [0.4, 0.5) is 0 Å². The molecule has 0 fully saturated rings. The van der Waals surface area contributed by atoms with E-state index in [0.29, 0.717) is 10.7 Å². The van der Waals surface area contributed by atoms with Gasteiger partial charge in [-0.1, -0.05) is 29.3 Å². The first-order valence-corrected chi connectivity index (χ1v) is 12.3. The predicted molar refractivity (Wildman–Crippen MR) is 140 cm³/mol. The van der Waals surface area contributed by atoms with E-state index < -0.39 is 18.0 Å². The summed E-state index contributed by atoms with van der Waals surface area (Å²) in [6, 6.07) is 10.8. The number of rotatable bonds is 6. The Morgan fingerprint density at radius 2 is 1.86 bits per heavy atom. The molecule has 192 valence electrons. The molecule has 0 aliphatic heterocycles. The van der Waals surface area contributed by atoms with Gasteiger partial charge in [-0.25, -0.2) is 9.78 Å². The van der Waals surface area contributed by atoms with Gasteiger partial charge in [-0.15, -0.1) is 0 Å². The number of pyridine rings is 2. The molecule has 0 aliphatic carbocycles. The molecule has 1 unspecified atom stereocenters. The van der Waals surface area contributed by atoms with Gasteiger partial charge in [-0.2, -0.15) is 4.99 Å². The monoisotopic (exact) mass is 542 g/mol. The van der Waals surface area contributed by atoms with Crippen LogP contribution in [-0.4, -0.2) is 38.5 Å². The standard InChI is InChI=1S/C26H24Cl2N4O5/c1-5-36-26(35)18-13-17-22(29-21-8-6-7-11-31(21)25(17)34)32(14(2)3)23(18)30-24(33)15(4)37-20-10-9-16(27)12-19(20)28/h6-15H,5H2,1-4H3. The van der Waals surface area contributed by atoms with Crippen LogP contribution in [0.5, 0.6) is 5.75 Å². The zero-order chi connectivity index (χ0) is 26.9. The number of carbonyl (C=O) groups excluding carboxylic acids is 2. The van der Waals surface area contributed by atoms with E-state index >= 15 is 0 Å². The van der Waals surface area contributed by atoms with E-state index in [1.165, 1.54) is 23.5 Å². The van der Waals surface area contributed by atoms with Crippen molar-refractivity contribution in [3.8, 4) is 5.75 Å². The highest BCUT2D eigenvalue weighted by Gasteiger charge is 2.23. The van der Waals surface area contributed by atoms with Gasteiger partial charge in [0.05, 0.1) is 17.0 Å². The Bertz CT molecular complexity index is 1660. The van der Waals surface area contributed by atoms with E-state index in [4.69, 9.17) is 32.7 Å². The molecule has 9 nitrogen and oxygen atoms in total. The number of hydrogen-bond donors (Lipinski definition) is 0. The van der Waals surface area contributed by atoms with Crippen LogP contribution in [-0.2, 0) is 9.53 Å². The van der Waals surface area contributed by atoms with Crippen molar-refractivity contribution in [2.75, 3.05) is 6.61 Å². The minimum absolute atomic E-state index is 0.00999. The molecule has 0 spiro atoms. The maximum absolute atomic E-state index is 13.3. The molecule has 0 saturated heterocycles. The zero-order valence-corrected chi connectivity index (χ0v) is 22.1. The predicted octanol–water partition coefficient (Wildman–Crippen LogP) is 4.61. The molecule has 1 amide bonds. The summed E-state index contributed by atoms with van der Waals surface area (Å²) in [5, 5.41) is 0.841. The number of aromatic nitrogens is 3. The van der Waals surface area contributed by atoms with E-state index in [1.807, 2.05) is 13.8 Å². The molecule has 3 aromatic heterocycles. The average molecular weight is 543 g/mol. The quantitative estimate of drug-likeness (QED) is 0.260. The summed E-state index contributed by atoms with van der Waals surface area (Å²) < 4.78 is 13.9. The highest BCUT2D eigenvalue weighted by atomic mass is 35.5. The van der Waals surface area contributed by atoms with E-state index in [1.54, 1.807) is 48.0 Å². The minimum Gasteiger partial charge on any atom is -0.479 e. The van der Waals surface area contributed by atoms with Crippen molar-refractivity contribution in [1.29, 1.82) is 0 Å². The summed E-state index contributed by atoms with van der Waals surface area (Å²) in [6.07, 6.45) is 0.538. The molecule has 0 N–H and O–H groups in total. The summed E-state index contributed by atoms with van der Waals surface area (Å²) in [5.41, 5.74) is 0.288. The number of benzene rings is 1. The van der Waals surface area contributed by atoms with Crippen LogP contribution in [0.1, 0.15) is 44.1 Å². The van der Waals surface area contributed by atoms with Crippen molar-refractivity contribution in [3.05, 3.63) is 80.1 Å². The number of carbonyl (C=O) groups is 2. The van der Waals surface area contributed by atoms with E-state index in [-0.39, 0.29) is 51.1 Å². The number of fused-ring (bicyclic) bond motifs is 2. The highest BCUT2D eigenvalue weighted by molar-refractivity contribution is 6.35. The molecule has 4 aromatic rings. The van der Waals surface area contributed by atoms with Crippen LogP contribution >= 0.6 is 23.2 Å². The first-order chi connectivity index (χ1) is 17.6. The fourth-order valence-electron chi connectivity index (χ4n) is 3.81. The van der Waals surface area contributed by atoms with Crippen LogP contribution in [0.3, 0.4) is 0 Å². The molecule has 1 atom stereocenters. The van der Waals surface area contributed by atoms with E-state index in [2.05, 4.69) is 9.98 Å². The lowest BCUT2D eigenvalue weighted by molar-refractivity contribution is -0.124. The molecule has 0 saturated carbocycles. The molecule has 0 radical (unpaired) electrons. The van der Waals surface area contributed by atoms with Gasteiger partial charge < -0.3 is 14.0 Å². The number of esters is 1. The molecule has 3 heterocycles. The Labute approximate surface area is 221 Å². The summed E-state index contributed by atoms with van der Waals surface area (Å²) in [7, 11) is 0. The second kappa shape index (κ2) is 10.7. The van der Waals surface area contributed by atoms with Crippen LogP contribution in [0.25, 0.3) is 16.7 Å². The average Bonchev–Trinajstić information content (AvgIpc) is 2.85. The number of hydrogen-bond acceptors (Lipinski definition) is 6. The molecule has 4 rings (SSSR count). The second-order valence-electron chi connectivity index (χ2n) is 8.43. The van der Waals surface area contributed by atoms with Crippen LogP contribution in [0.2, 0.25) is 10.0 Å². The Hall–Kier alpha value is -3.69. The molecular weight excluding hydrogens is 519 g/mol. The van der Waals surface area contributed by atoms with Gasteiger partial charge in [0, 0.05) is 17.3 Å². The van der Waals surface area contributed by atoms with Crippen molar-refractivity contribution in [2.45, 2.75) is 39.8 Å². The normalized spacial score (nSPS) is 12.8. The maximum Gasteiger partial charge on any atom is 0.341 e. The Balaban J connectivity index is 1.96. The van der Waals surface area contributed by atoms with E-state index in [9.17, 15) is 14.4 Å². The molecule has 0 bridgehead atoms. The summed E-state index contributed by atoms with van der Waals surface area (Å²) >= 11 is 12.1. The molecule has 0 aliphatic rings. The Kier molecular flexibility index (Phi) is 7.65. The fourth-order valence-corrected chi connectivity index (χ4v) is 4.26. The minimum atomic E-state index is -1.06. The highest BCUT2D eigenvalue weighted by Crippen LogP contribution is 2.28.